The van der Waals surface area contributed by atoms with E-state index in [0.717, 1.165) is 22.7 Å². The van der Waals surface area contributed by atoms with Gasteiger partial charge in [-0.05, 0) is 43.2 Å². The Morgan fingerprint density at radius 2 is 1.88 bits per heavy atom. The molecule has 2 heterocycles. The lowest BCUT2D eigenvalue weighted by Gasteiger charge is -2.32. The molecule has 7 nitrogen and oxygen atoms in total. The van der Waals surface area contributed by atoms with Crippen LogP contribution in [0.15, 0.2) is 42.7 Å². The number of rotatable bonds is 4. The van der Waals surface area contributed by atoms with Crippen LogP contribution in [0.4, 0.5) is 18.9 Å². The summed E-state index contributed by atoms with van der Waals surface area (Å²) in [5.74, 6) is 0.0603. The molecular formula is C22H21F3N4O3. The number of piperidine rings is 1. The molecule has 2 aromatic carbocycles. The molecule has 1 fully saturated rings. The second-order valence-electron chi connectivity index (χ2n) is 7.51. The summed E-state index contributed by atoms with van der Waals surface area (Å²) in [6.07, 6.45) is -1.91. The van der Waals surface area contributed by atoms with Crippen LogP contribution in [-0.4, -0.2) is 47.3 Å². The zero-order valence-electron chi connectivity index (χ0n) is 17.2. The van der Waals surface area contributed by atoms with Gasteiger partial charge in [0.25, 0.3) is 5.91 Å². The summed E-state index contributed by atoms with van der Waals surface area (Å²) in [6, 6.07) is 9.22. The first-order valence-corrected chi connectivity index (χ1v) is 9.98. The summed E-state index contributed by atoms with van der Waals surface area (Å²) in [5.41, 5.74) is 7.35. The molecule has 1 aromatic heterocycles. The van der Waals surface area contributed by atoms with Gasteiger partial charge < -0.3 is 20.1 Å². The summed E-state index contributed by atoms with van der Waals surface area (Å²) in [6.45, 7) is 0.984. The Bertz CT molecular complexity index is 1140. The zero-order chi connectivity index (χ0) is 22.9. The number of carbonyl (C=O) groups is 1. The average Bonchev–Trinajstić information content (AvgIpc) is 2.78. The largest absolute Gasteiger partial charge is 0.573 e. The molecule has 0 unspecified atom stereocenters. The molecule has 168 valence electrons. The average molecular weight is 446 g/mol. The third-order valence-electron chi connectivity index (χ3n) is 5.53. The number of amides is 1. The van der Waals surface area contributed by atoms with Crippen molar-refractivity contribution in [1.29, 1.82) is 0 Å². The maximum absolute atomic E-state index is 12.8. The van der Waals surface area contributed by atoms with Gasteiger partial charge >= 0.3 is 6.36 Å². The molecule has 0 bridgehead atoms. The van der Waals surface area contributed by atoms with Crippen LogP contribution in [0, 0.1) is 0 Å². The van der Waals surface area contributed by atoms with Crippen molar-refractivity contribution in [2.75, 3.05) is 25.9 Å². The molecule has 3 aromatic rings. The number of anilines is 1. The molecule has 0 aliphatic carbocycles. The van der Waals surface area contributed by atoms with Gasteiger partial charge in [0, 0.05) is 36.0 Å². The number of fused-ring (bicyclic) bond motifs is 1. The Morgan fingerprint density at radius 3 is 2.53 bits per heavy atom. The van der Waals surface area contributed by atoms with E-state index in [2.05, 4.69) is 14.7 Å². The van der Waals surface area contributed by atoms with Crippen molar-refractivity contribution in [2.24, 2.45) is 0 Å². The summed E-state index contributed by atoms with van der Waals surface area (Å²) >= 11 is 0. The molecule has 0 atom stereocenters. The Morgan fingerprint density at radius 1 is 1.12 bits per heavy atom. The molecule has 4 rings (SSSR count). The van der Waals surface area contributed by atoms with E-state index in [1.54, 1.807) is 12.0 Å². The first kappa shape index (κ1) is 21.7. The number of hydrogen-bond donors (Lipinski definition) is 1. The van der Waals surface area contributed by atoms with E-state index in [4.69, 9.17) is 10.5 Å². The number of nitrogen functional groups attached to an aromatic ring is 1. The molecule has 0 spiro atoms. The topological polar surface area (TPSA) is 90.6 Å². The Hall–Kier alpha value is -3.56. The number of benzene rings is 2. The molecule has 0 saturated carbocycles. The molecular weight excluding hydrogens is 425 g/mol. The van der Waals surface area contributed by atoms with Gasteiger partial charge in [-0.1, -0.05) is 0 Å². The summed E-state index contributed by atoms with van der Waals surface area (Å²) in [4.78, 5) is 23.3. The van der Waals surface area contributed by atoms with E-state index in [1.807, 2.05) is 18.2 Å². The third-order valence-corrected chi connectivity index (χ3v) is 5.53. The zero-order valence-corrected chi connectivity index (χ0v) is 17.2. The molecule has 32 heavy (non-hydrogen) atoms. The molecule has 0 radical (unpaired) electrons. The van der Waals surface area contributed by atoms with E-state index in [-0.39, 0.29) is 23.1 Å². The number of ether oxygens (including phenoxy) is 2. The van der Waals surface area contributed by atoms with Crippen LogP contribution in [0.3, 0.4) is 0 Å². The van der Waals surface area contributed by atoms with E-state index >= 15 is 0 Å². The summed E-state index contributed by atoms with van der Waals surface area (Å²) in [5, 5.41) is 0.950. The normalized spacial score (nSPS) is 15.1. The SMILES string of the molecule is COc1ccc2c(C3CCN(C(=O)c4ccc(OC(F)(F)F)c(N)c4)CC3)ncnc2c1. The highest BCUT2D eigenvalue weighted by Crippen LogP contribution is 2.33. The Balaban J connectivity index is 1.45. The highest BCUT2D eigenvalue weighted by Gasteiger charge is 2.32. The van der Waals surface area contributed by atoms with Crippen LogP contribution >= 0.6 is 0 Å². The van der Waals surface area contributed by atoms with Crippen molar-refractivity contribution in [3.8, 4) is 11.5 Å². The molecule has 1 aliphatic rings. The lowest BCUT2D eigenvalue weighted by Crippen LogP contribution is -2.38. The van der Waals surface area contributed by atoms with Gasteiger partial charge in [0.05, 0.1) is 24.0 Å². The molecule has 2 N–H and O–H groups in total. The second-order valence-corrected chi connectivity index (χ2v) is 7.51. The molecule has 1 saturated heterocycles. The fourth-order valence-corrected chi connectivity index (χ4v) is 3.95. The summed E-state index contributed by atoms with van der Waals surface area (Å²) in [7, 11) is 1.60. The van der Waals surface area contributed by atoms with Crippen molar-refractivity contribution >= 4 is 22.5 Å². The van der Waals surface area contributed by atoms with Crippen molar-refractivity contribution in [2.45, 2.75) is 25.1 Å². The predicted octanol–water partition coefficient (Wildman–Crippen LogP) is 4.14. The minimum Gasteiger partial charge on any atom is -0.497 e. The minimum absolute atomic E-state index is 0.158. The number of nitrogens with zero attached hydrogens (tertiary/aromatic N) is 3. The monoisotopic (exact) mass is 446 g/mol. The van der Waals surface area contributed by atoms with Crippen molar-refractivity contribution in [1.82, 2.24) is 14.9 Å². The first-order chi connectivity index (χ1) is 15.2. The molecule has 1 aliphatic heterocycles. The highest BCUT2D eigenvalue weighted by atomic mass is 19.4. The first-order valence-electron chi connectivity index (χ1n) is 9.98. The minimum atomic E-state index is -4.85. The van der Waals surface area contributed by atoms with Gasteiger partial charge in [-0.15, -0.1) is 13.2 Å². The van der Waals surface area contributed by atoms with Crippen LogP contribution in [0.1, 0.15) is 34.8 Å². The van der Waals surface area contributed by atoms with Crippen LogP contribution in [0.25, 0.3) is 10.9 Å². The predicted molar refractivity (Wildman–Crippen MR) is 112 cm³/mol. The Kier molecular flexibility index (Phi) is 5.77. The highest BCUT2D eigenvalue weighted by molar-refractivity contribution is 5.95. The van der Waals surface area contributed by atoms with Crippen molar-refractivity contribution in [3.05, 3.63) is 54.0 Å². The third kappa shape index (κ3) is 4.53. The molecule has 10 heteroatoms. The van der Waals surface area contributed by atoms with Crippen LogP contribution < -0.4 is 15.2 Å². The van der Waals surface area contributed by atoms with Crippen molar-refractivity contribution in [3.63, 3.8) is 0 Å². The maximum Gasteiger partial charge on any atom is 0.573 e. The van der Waals surface area contributed by atoms with Gasteiger partial charge in [0.2, 0.25) is 0 Å². The number of aromatic nitrogens is 2. The van der Waals surface area contributed by atoms with Gasteiger partial charge in [0.15, 0.2) is 5.75 Å². The lowest BCUT2D eigenvalue weighted by atomic mass is 9.90. The van der Waals surface area contributed by atoms with E-state index in [0.29, 0.717) is 31.7 Å². The Labute approximate surface area is 182 Å². The molecule has 1 amide bonds. The fourth-order valence-electron chi connectivity index (χ4n) is 3.95. The standard InChI is InChI=1S/C22H21F3N4O3/c1-31-15-3-4-16-18(11-15)27-12-28-20(16)13-6-8-29(9-7-13)21(30)14-2-5-19(17(26)10-14)32-22(23,24)25/h2-5,10-13H,6-9,26H2,1H3. The maximum atomic E-state index is 12.8. The van der Waals surface area contributed by atoms with Gasteiger partial charge in [-0.3, -0.25) is 4.79 Å². The number of methoxy groups -OCH3 is 1. The van der Waals surface area contributed by atoms with Gasteiger partial charge in [0.1, 0.15) is 12.1 Å². The van der Waals surface area contributed by atoms with Crippen LogP contribution in [0.5, 0.6) is 11.5 Å². The number of halogens is 3. The lowest BCUT2D eigenvalue weighted by molar-refractivity contribution is -0.274. The van der Waals surface area contributed by atoms with Crippen molar-refractivity contribution < 1.29 is 27.4 Å². The van der Waals surface area contributed by atoms with E-state index in [1.165, 1.54) is 18.5 Å². The van der Waals surface area contributed by atoms with E-state index < -0.39 is 12.1 Å². The number of hydrogen-bond acceptors (Lipinski definition) is 6. The number of alkyl halides is 3. The fraction of sp³-hybridized carbons (Fsp3) is 0.318. The van der Waals surface area contributed by atoms with Gasteiger partial charge in [-0.25, -0.2) is 9.97 Å². The summed E-state index contributed by atoms with van der Waals surface area (Å²) < 4.78 is 46.4. The van der Waals surface area contributed by atoms with Crippen LogP contribution in [-0.2, 0) is 0 Å². The number of nitrogens with two attached hydrogens (primary N) is 1. The number of likely N-dealkylation sites (tertiary alicyclic amines) is 1. The number of carbonyl (C=O) groups excluding carboxylic acids is 1. The van der Waals surface area contributed by atoms with Crippen LogP contribution in [0.2, 0.25) is 0 Å². The van der Waals surface area contributed by atoms with Gasteiger partial charge in [-0.2, -0.15) is 0 Å². The second kappa shape index (κ2) is 8.52. The smallest absolute Gasteiger partial charge is 0.497 e. The quantitative estimate of drug-likeness (QED) is 0.606. The van der Waals surface area contributed by atoms with E-state index in [9.17, 15) is 18.0 Å².